The minimum atomic E-state index is 0.294. The molecule has 1 N–H and O–H groups in total. The summed E-state index contributed by atoms with van der Waals surface area (Å²) in [5.41, 5.74) is 0. The van der Waals surface area contributed by atoms with E-state index >= 15 is 0 Å². The zero-order valence-corrected chi connectivity index (χ0v) is 8.88. The van der Waals surface area contributed by atoms with Gasteiger partial charge in [-0.2, -0.15) is 0 Å². The molecule has 2 unspecified atom stereocenters. The van der Waals surface area contributed by atoms with Gasteiger partial charge in [-0.05, 0) is 20.3 Å². The van der Waals surface area contributed by atoms with Gasteiger partial charge in [-0.15, -0.1) is 0 Å². The third kappa shape index (κ3) is 4.07. The molecular weight excluding hydrogens is 166 g/mol. The molecule has 13 heavy (non-hydrogen) atoms. The van der Waals surface area contributed by atoms with Crippen LogP contribution in [-0.4, -0.2) is 38.0 Å². The second-order valence-electron chi connectivity index (χ2n) is 3.82. The monoisotopic (exact) mass is 187 g/mol. The van der Waals surface area contributed by atoms with E-state index in [2.05, 4.69) is 26.1 Å². The van der Waals surface area contributed by atoms with E-state index in [0.717, 1.165) is 19.8 Å². The van der Waals surface area contributed by atoms with Gasteiger partial charge in [0.05, 0.1) is 19.3 Å². The lowest BCUT2D eigenvalue weighted by atomic mass is 10.2. The van der Waals surface area contributed by atoms with Crippen molar-refractivity contribution in [2.24, 2.45) is 0 Å². The molecule has 1 aliphatic heterocycles. The number of hydrogen-bond acceptors (Lipinski definition) is 3. The van der Waals surface area contributed by atoms with E-state index in [1.165, 1.54) is 6.42 Å². The molecule has 0 aromatic heterocycles. The third-order valence-corrected chi connectivity index (χ3v) is 2.40. The molecule has 0 aromatic rings. The third-order valence-electron chi connectivity index (χ3n) is 2.40. The largest absolute Gasteiger partial charge is 0.376 e. The molecule has 2 atom stereocenters. The Labute approximate surface area is 80.8 Å². The quantitative estimate of drug-likeness (QED) is 0.677. The lowest BCUT2D eigenvalue weighted by molar-refractivity contribution is -0.149. The van der Waals surface area contributed by atoms with Gasteiger partial charge < -0.3 is 14.8 Å². The van der Waals surface area contributed by atoms with Gasteiger partial charge in [0, 0.05) is 12.6 Å². The van der Waals surface area contributed by atoms with E-state index < -0.39 is 0 Å². The van der Waals surface area contributed by atoms with Crippen molar-refractivity contribution in [2.45, 2.75) is 45.4 Å². The lowest BCUT2D eigenvalue weighted by Gasteiger charge is -2.29. The van der Waals surface area contributed by atoms with E-state index in [1.807, 2.05) is 0 Å². The molecular formula is C10H21NO2. The molecule has 1 heterocycles. The Morgan fingerprint density at radius 2 is 2.15 bits per heavy atom. The summed E-state index contributed by atoms with van der Waals surface area (Å²) in [5.74, 6) is 0. The Hall–Kier alpha value is -0.120. The first-order chi connectivity index (χ1) is 6.22. The highest BCUT2D eigenvalue weighted by Crippen LogP contribution is 2.08. The maximum absolute atomic E-state index is 5.69. The zero-order chi connectivity index (χ0) is 9.68. The van der Waals surface area contributed by atoms with Crippen molar-refractivity contribution >= 4 is 0 Å². The van der Waals surface area contributed by atoms with Gasteiger partial charge in [0.2, 0.25) is 0 Å². The summed E-state index contributed by atoms with van der Waals surface area (Å²) < 4.78 is 10.7. The van der Waals surface area contributed by atoms with Crippen molar-refractivity contribution in [3.63, 3.8) is 0 Å². The second kappa shape index (κ2) is 5.58. The average Bonchev–Trinajstić information content (AvgIpc) is 2.07. The van der Waals surface area contributed by atoms with E-state index in [4.69, 9.17) is 9.47 Å². The van der Waals surface area contributed by atoms with Crippen molar-refractivity contribution < 1.29 is 9.47 Å². The predicted octanol–water partition coefficient (Wildman–Crippen LogP) is 1.18. The van der Waals surface area contributed by atoms with E-state index in [-0.39, 0.29) is 0 Å². The van der Waals surface area contributed by atoms with Crippen LogP contribution in [-0.2, 0) is 9.47 Å². The van der Waals surface area contributed by atoms with Crippen LogP contribution in [0, 0.1) is 0 Å². The molecule has 0 aromatic carbocycles. The normalized spacial score (nSPS) is 22.4. The van der Waals surface area contributed by atoms with Crippen LogP contribution in [0.5, 0.6) is 0 Å². The van der Waals surface area contributed by atoms with Crippen LogP contribution in [0.15, 0.2) is 0 Å². The maximum Gasteiger partial charge on any atom is 0.104 e. The highest BCUT2D eigenvalue weighted by molar-refractivity contribution is 4.68. The Morgan fingerprint density at radius 1 is 1.46 bits per heavy atom. The minimum absolute atomic E-state index is 0.294. The van der Waals surface area contributed by atoms with Gasteiger partial charge in [-0.3, -0.25) is 0 Å². The average molecular weight is 187 g/mol. The van der Waals surface area contributed by atoms with Gasteiger partial charge in [0.1, 0.15) is 6.10 Å². The fraction of sp³-hybridized carbons (Fsp3) is 1.00. The topological polar surface area (TPSA) is 30.5 Å². The smallest absolute Gasteiger partial charge is 0.104 e. The SMILES string of the molecule is CCC(C)NCC(C)OC1COC1. The predicted molar refractivity (Wildman–Crippen MR) is 52.9 cm³/mol. The zero-order valence-electron chi connectivity index (χ0n) is 8.88. The number of ether oxygens (including phenoxy) is 2. The lowest BCUT2D eigenvalue weighted by Crippen LogP contribution is -2.42. The van der Waals surface area contributed by atoms with Gasteiger partial charge in [-0.1, -0.05) is 6.92 Å². The molecule has 1 fully saturated rings. The van der Waals surface area contributed by atoms with Crippen LogP contribution in [0.2, 0.25) is 0 Å². The van der Waals surface area contributed by atoms with Gasteiger partial charge in [-0.25, -0.2) is 0 Å². The number of rotatable bonds is 6. The van der Waals surface area contributed by atoms with Crippen LogP contribution in [0.1, 0.15) is 27.2 Å². The Morgan fingerprint density at radius 3 is 2.62 bits per heavy atom. The van der Waals surface area contributed by atoms with Crippen molar-refractivity contribution in [3.05, 3.63) is 0 Å². The van der Waals surface area contributed by atoms with Crippen molar-refractivity contribution in [2.75, 3.05) is 19.8 Å². The van der Waals surface area contributed by atoms with Crippen molar-refractivity contribution in [3.8, 4) is 0 Å². The Kier molecular flexibility index (Phi) is 4.70. The first kappa shape index (κ1) is 11.0. The summed E-state index contributed by atoms with van der Waals surface area (Å²) >= 11 is 0. The molecule has 3 nitrogen and oxygen atoms in total. The van der Waals surface area contributed by atoms with E-state index in [9.17, 15) is 0 Å². The van der Waals surface area contributed by atoms with Crippen LogP contribution in [0.3, 0.4) is 0 Å². The minimum Gasteiger partial charge on any atom is -0.376 e. The van der Waals surface area contributed by atoms with Crippen LogP contribution >= 0.6 is 0 Å². The summed E-state index contributed by atoms with van der Waals surface area (Å²) in [7, 11) is 0. The molecule has 1 aliphatic rings. The second-order valence-corrected chi connectivity index (χ2v) is 3.82. The van der Waals surface area contributed by atoms with Crippen LogP contribution in [0.4, 0.5) is 0 Å². The molecule has 0 amide bonds. The van der Waals surface area contributed by atoms with Crippen LogP contribution < -0.4 is 5.32 Å². The molecule has 78 valence electrons. The first-order valence-electron chi connectivity index (χ1n) is 5.19. The molecule has 0 aliphatic carbocycles. The van der Waals surface area contributed by atoms with Gasteiger partial charge in [0.15, 0.2) is 0 Å². The standard InChI is InChI=1S/C10H21NO2/c1-4-8(2)11-5-9(3)13-10-6-12-7-10/h8-11H,4-7H2,1-3H3. The first-order valence-corrected chi connectivity index (χ1v) is 5.19. The maximum atomic E-state index is 5.69. The molecule has 3 heteroatoms. The van der Waals surface area contributed by atoms with Gasteiger partial charge in [0.25, 0.3) is 0 Å². The molecule has 1 saturated heterocycles. The van der Waals surface area contributed by atoms with Gasteiger partial charge >= 0.3 is 0 Å². The summed E-state index contributed by atoms with van der Waals surface area (Å²) in [6, 6.07) is 0.587. The fourth-order valence-electron chi connectivity index (χ4n) is 1.18. The number of hydrogen-bond donors (Lipinski definition) is 1. The Balaban J connectivity index is 1.99. The fourth-order valence-corrected chi connectivity index (χ4v) is 1.18. The number of nitrogens with one attached hydrogen (secondary N) is 1. The Bertz CT molecular complexity index is 137. The summed E-state index contributed by atoms with van der Waals surface area (Å²) in [5, 5.41) is 3.42. The van der Waals surface area contributed by atoms with Crippen molar-refractivity contribution in [1.29, 1.82) is 0 Å². The summed E-state index contributed by atoms with van der Waals surface area (Å²) in [6.45, 7) is 8.96. The molecule has 0 bridgehead atoms. The molecule has 1 rings (SSSR count). The van der Waals surface area contributed by atoms with E-state index in [0.29, 0.717) is 18.2 Å². The summed E-state index contributed by atoms with van der Waals surface area (Å²) in [4.78, 5) is 0. The highest BCUT2D eigenvalue weighted by atomic mass is 16.6. The van der Waals surface area contributed by atoms with Crippen molar-refractivity contribution in [1.82, 2.24) is 5.32 Å². The molecule has 0 radical (unpaired) electrons. The highest BCUT2D eigenvalue weighted by Gasteiger charge is 2.21. The van der Waals surface area contributed by atoms with Crippen LogP contribution in [0.25, 0.3) is 0 Å². The molecule has 0 spiro atoms. The molecule has 0 saturated carbocycles. The summed E-state index contributed by atoms with van der Waals surface area (Å²) in [6.07, 6.45) is 1.80. The van der Waals surface area contributed by atoms with E-state index in [1.54, 1.807) is 0 Å².